The number of likely N-dealkylation sites (N-methyl/N-ethyl adjacent to an activating group) is 1. The Hall–Kier alpha value is -4.32. The predicted octanol–water partition coefficient (Wildman–Crippen LogP) is 5.41. The zero-order valence-electron chi connectivity index (χ0n) is 20.6. The molecule has 4 aromatic rings. The van der Waals surface area contributed by atoms with Crippen molar-refractivity contribution >= 4 is 28.9 Å². The molecule has 0 aliphatic heterocycles. The van der Waals surface area contributed by atoms with E-state index in [1.54, 1.807) is 17.9 Å². The fraction of sp³-hybridized carbons (Fsp3) is 0.200. The van der Waals surface area contributed by atoms with Crippen LogP contribution in [-0.2, 0) is 29.2 Å². The van der Waals surface area contributed by atoms with Crippen molar-refractivity contribution in [2.75, 3.05) is 13.6 Å². The minimum atomic E-state index is -0.982. The minimum Gasteiger partial charge on any atom is -0.489 e. The lowest BCUT2D eigenvalue weighted by Crippen LogP contribution is -2.31. The predicted molar refractivity (Wildman–Crippen MR) is 142 cm³/mol. The van der Waals surface area contributed by atoms with Crippen molar-refractivity contribution in [1.82, 2.24) is 9.47 Å². The molecule has 1 N–H and O–H groups in total. The summed E-state index contributed by atoms with van der Waals surface area (Å²) in [7, 11) is 1.81. The molecule has 1 amide bonds. The summed E-state index contributed by atoms with van der Waals surface area (Å²) in [4.78, 5) is 26.2. The van der Waals surface area contributed by atoms with E-state index < -0.39 is 5.97 Å². The summed E-state index contributed by atoms with van der Waals surface area (Å²) in [5.74, 6) is -0.320. The zero-order chi connectivity index (χ0) is 25.5. The molecule has 36 heavy (non-hydrogen) atoms. The average molecular weight is 483 g/mol. The van der Waals surface area contributed by atoms with Crippen molar-refractivity contribution in [3.63, 3.8) is 0 Å². The molecule has 0 saturated carbocycles. The molecule has 6 heteroatoms. The molecule has 1 heterocycles. The van der Waals surface area contributed by atoms with Crippen LogP contribution in [0.3, 0.4) is 0 Å². The van der Waals surface area contributed by atoms with Crippen molar-refractivity contribution in [2.45, 2.75) is 26.5 Å². The van der Waals surface area contributed by atoms with Gasteiger partial charge in [0.2, 0.25) is 5.91 Å². The average Bonchev–Trinajstić information content (AvgIpc) is 3.23. The van der Waals surface area contributed by atoms with Crippen molar-refractivity contribution in [2.24, 2.45) is 0 Å². The smallest absolute Gasteiger partial charge is 0.331 e. The molecule has 0 radical (unpaired) electrons. The fourth-order valence-electron chi connectivity index (χ4n) is 4.01. The highest BCUT2D eigenvalue weighted by molar-refractivity contribution is 5.97. The summed E-state index contributed by atoms with van der Waals surface area (Å²) in [5, 5.41) is 10.2. The first-order chi connectivity index (χ1) is 17.4. The van der Waals surface area contributed by atoms with E-state index in [2.05, 4.69) is 12.1 Å². The van der Waals surface area contributed by atoms with Gasteiger partial charge >= 0.3 is 5.97 Å². The summed E-state index contributed by atoms with van der Waals surface area (Å²) in [6, 6.07) is 25.7. The SMILES string of the molecule is C/C(=C/c1cn(CC(=O)N(C)CCc2ccccc2)c2ccc(OCc3ccccc3)cc12)C(=O)O. The molecule has 0 aliphatic rings. The molecule has 0 unspecified atom stereocenters. The Morgan fingerprint density at radius 3 is 2.31 bits per heavy atom. The van der Waals surface area contributed by atoms with E-state index in [1.807, 2.05) is 84.5 Å². The second-order valence-electron chi connectivity index (χ2n) is 8.85. The summed E-state index contributed by atoms with van der Waals surface area (Å²) in [5.41, 5.74) is 4.03. The number of rotatable bonds is 10. The van der Waals surface area contributed by atoms with Crippen LogP contribution in [0.2, 0.25) is 0 Å². The van der Waals surface area contributed by atoms with Gasteiger partial charge in [0.1, 0.15) is 18.9 Å². The van der Waals surface area contributed by atoms with Crippen LogP contribution in [0.5, 0.6) is 5.75 Å². The van der Waals surface area contributed by atoms with Crippen LogP contribution in [0.15, 0.2) is 90.6 Å². The molecule has 3 aromatic carbocycles. The van der Waals surface area contributed by atoms with Crippen molar-refractivity contribution < 1.29 is 19.4 Å². The third-order valence-corrected chi connectivity index (χ3v) is 6.15. The van der Waals surface area contributed by atoms with Crippen LogP contribution < -0.4 is 4.74 Å². The van der Waals surface area contributed by atoms with E-state index in [9.17, 15) is 14.7 Å². The number of fused-ring (bicyclic) bond motifs is 1. The lowest BCUT2D eigenvalue weighted by Gasteiger charge is -2.18. The Labute approximate surface area is 211 Å². The minimum absolute atomic E-state index is 0.0160. The van der Waals surface area contributed by atoms with Crippen LogP contribution in [0.1, 0.15) is 23.6 Å². The molecule has 0 atom stereocenters. The van der Waals surface area contributed by atoms with Crippen LogP contribution >= 0.6 is 0 Å². The van der Waals surface area contributed by atoms with Crippen LogP contribution in [-0.4, -0.2) is 40.0 Å². The Morgan fingerprint density at radius 1 is 0.972 bits per heavy atom. The molecule has 0 aliphatic carbocycles. The maximum absolute atomic E-state index is 13.0. The molecule has 0 bridgehead atoms. The highest BCUT2D eigenvalue weighted by Crippen LogP contribution is 2.28. The number of carbonyl (C=O) groups excluding carboxylic acids is 1. The molecule has 0 spiro atoms. The number of aromatic nitrogens is 1. The van der Waals surface area contributed by atoms with Gasteiger partial charge in [-0.15, -0.1) is 0 Å². The van der Waals surface area contributed by atoms with Gasteiger partial charge in [-0.25, -0.2) is 4.79 Å². The van der Waals surface area contributed by atoms with E-state index >= 15 is 0 Å². The number of carboxylic acids is 1. The van der Waals surface area contributed by atoms with Crippen molar-refractivity contribution in [3.8, 4) is 5.75 Å². The Balaban J connectivity index is 1.55. The van der Waals surface area contributed by atoms with Gasteiger partial charge in [0.25, 0.3) is 0 Å². The normalized spacial score (nSPS) is 11.4. The maximum atomic E-state index is 13.0. The number of carboxylic acid groups (broad SMARTS) is 1. The van der Waals surface area contributed by atoms with Crippen LogP contribution in [0.4, 0.5) is 0 Å². The number of ether oxygens (including phenoxy) is 1. The highest BCUT2D eigenvalue weighted by atomic mass is 16.5. The van der Waals surface area contributed by atoms with Gasteiger partial charge in [-0.2, -0.15) is 0 Å². The summed E-state index contributed by atoms with van der Waals surface area (Å²) in [6.45, 7) is 2.76. The lowest BCUT2D eigenvalue weighted by molar-refractivity contribution is -0.132. The third-order valence-electron chi connectivity index (χ3n) is 6.15. The lowest BCUT2D eigenvalue weighted by atomic mass is 10.1. The number of aliphatic carboxylic acids is 1. The van der Waals surface area contributed by atoms with Gasteiger partial charge in [0, 0.05) is 41.8 Å². The van der Waals surface area contributed by atoms with Crippen molar-refractivity contribution in [1.29, 1.82) is 0 Å². The Bertz CT molecular complexity index is 1370. The first-order valence-corrected chi connectivity index (χ1v) is 11.9. The zero-order valence-corrected chi connectivity index (χ0v) is 20.6. The van der Waals surface area contributed by atoms with Gasteiger partial charge in [-0.05, 0) is 48.7 Å². The number of benzene rings is 3. The van der Waals surface area contributed by atoms with E-state index in [-0.39, 0.29) is 18.0 Å². The van der Waals surface area contributed by atoms with Gasteiger partial charge in [0.05, 0.1) is 0 Å². The Morgan fingerprint density at radius 2 is 1.64 bits per heavy atom. The Kier molecular flexibility index (Phi) is 7.85. The quantitative estimate of drug-likeness (QED) is 0.307. The number of hydrogen-bond donors (Lipinski definition) is 1. The van der Waals surface area contributed by atoms with Crippen molar-refractivity contribution in [3.05, 3.63) is 107 Å². The summed E-state index contributed by atoms with van der Waals surface area (Å²) < 4.78 is 7.86. The van der Waals surface area contributed by atoms with Gasteiger partial charge in [-0.1, -0.05) is 60.7 Å². The van der Waals surface area contributed by atoms with Gasteiger partial charge < -0.3 is 19.3 Å². The maximum Gasteiger partial charge on any atom is 0.331 e. The first kappa shape index (κ1) is 24.8. The monoisotopic (exact) mass is 482 g/mol. The summed E-state index contributed by atoms with van der Waals surface area (Å²) >= 11 is 0. The second kappa shape index (κ2) is 11.4. The fourth-order valence-corrected chi connectivity index (χ4v) is 4.01. The summed E-state index contributed by atoms with van der Waals surface area (Å²) in [6.07, 6.45) is 4.25. The van der Waals surface area contributed by atoms with E-state index in [0.717, 1.165) is 28.5 Å². The third kappa shape index (κ3) is 6.21. The number of amides is 1. The second-order valence-corrected chi connectivity index (χ2v) is 8.85. The molecule has 0 saturated heterocycles. The molecular formula is C30H30N2O4. The first-order valence-electron chi connectivity index (χ1n) is 11.9. The molecule has 184 valence electrons. The van der Waals surface area contributed by atoms with E-state index in [4.69, 9.17) is 4.74 Å². The van der Waals surface area contributed by atoms with Crippen LogP contribution in [0, 0.1) is 0 Å². The van der Waals surface area contributed by atoms with E-state index in [1.165, 1.54) is 5.56 Å². The largest absolute Gasteiger partial charge is 0.489 e. The highest BCUT2D eigenvalue weighted by Gasteiger charge is 2.15. The molecule has 6 nitrogen and oxygen atoms in total. The van der Waals surface area contributed by atoms with Gasteiger partial charge in [-0.3, -0.25) is 4.79 Å². The standard InChI is InChI=1S/C30H30N2O4/c1-22(30(34)35)17-25-19-32(20-29(33)31(2)16-15-23-9-5-3-6-10-23)28-14-13-26(18-27(25)28)36-21-24-11-7-4-8-12-24/h3-14,17-19H,15-16,20-21H2,1-2H3,(H,34,35)/b22-17-. The number of carbonyl (C=O) groups is 2. The molecular weight excluding hydrogens is 452 g/mol. The molecule has 0 fully saturated rings. The number of hydrogen-bond acceptors (Lipinski definition) is 3. The molecule has 4 rings (SSSR count). The number of nitrogens with zero attached hydrogens (tertiary/aromatic N) is 2. The van der Waals surface area contributed by atoms with E-state index in [0.29, 0.717) is 18.9 Å². The topological polar surface area (TPSA) is 71.8 Å². The van der Waals surface area contributed by atoms with Crippen LogP contribution in [0.25, 0.3) is 17.0 Å². The molecule has 1 aromatic heterocycles. The van der Waals surface area contributed by atoms with Gasteiger partial charge in [0.15, 0.2) is 0 Å².